The molecule has 8 heteroatoms. The molecule has 364 valence electrons. The molecular formula is C54H101NO7. The lowest BCUT2D eigenvalue weighted by molar-refractivity contribution is -0.889. The van der Waals surface area contributed by atoms with Gasteiger partial charge in [0, 0.05) is 19.3 Å². The summed E-state index contributed by atoms with van der Waals surface area (Å²) in [5.74, 6) is -1.71. The third-order valence-corrected chi connectivity index (χ3v) is 12.1. The van der Waals surface area contributed by atoms with Crippen LogP contribution in [0.25, 0.3) is 0 Å². The van der Waals surface area contributed by atoms with Gasteiger partial charge in [0.2, 0.25) is 0 Å². The first-order valence-corrected chi connectivity index (χ1v) is 26.4. The van der Waals surface area contributed by atoms with Gasteiger partial charge in [0.15, 0.2) is 6.10 Å². The number of nitrogens with zero attached hydrogens (tertiary/aromatic N) is 1. The van der Waals surface area contributed by atoms with Crippen LogP contribution in [0.5, 0.6) is 0 Å². The second-order valence-electron chi connectivity index (χ2n) is 19.1. The van der Waals surface area contributed by atoms with Crippen molar-refractivity contribution in [3.05, 3.63) is 24.3 Å². The number of ether oxygens (including phenoxy) is 3. The molecule has 0 aromatic rings. The Morgan fingerprint density at radius 3 is 1.32 bits per heavy atom. The van der Waals surface area contributed by atoms with Crippen molar-refractivity contribution in [2.24, 2.45) is 0 Å². The maximum absolute atomic E-state index is 12.8. The van der Waals surface area contributed by atoms with E-state index < -0.39 is 18.1 Å². The highest BCUT2D eigenvalue weighted by Gasteiger charge is 2.25. The summed E-state index contributed by atoms with van der Waals surface area (Å²) in [4.78, 5) is 37.1. The van der Waals surface area contributed by atoms with Gasteiger partial charge in [-0.2, -0.15) is 0 Å². The molecule has 0 aliphatic heterocycles. The number of unbranched alkanes of at least 4 members (excludes halogenated alkanes) is 30. The smallest absolute Gasteiger partial charge is 0.306 e. The number of carbonyl (C=O) groups is 3. The highest BCUT2D eigenvalue weighted by atomic mass is 16.6. The predicted molar refractivity (Wildman–Crippen MR) is 259 cm³/mol. The Balaban J connectivity index is 4.17. The minimum Gasteiger partial charge on any atom is -0.544 e. The molecule has 0 saturated heterocycles. The van der Waals surface area contributed by atoms with E-state index in [2.05, 4.69) is 38.2 Å². The summed E-state index contributed by atoms with van der Waals surface area (Å²) in [5.41, 5.74) is 0. The molecule has 2 atom stereocenters. The van der Waals surface area contributed by atoms with Crippen molar-refractivity contribution in [3.8, 4) is 0 Å². The molecule has 0 aromatic carbocycles. The summed E-state index contributed by atoms with van der Waals surface area (Å²) >= 11 is 0. The van der Waals surface area contributed by atoms with Crippen molar-refractivity contribution in [3.63, 3.8) is 0 Å². The fourth-order valence-electron chi connectivity index (χ4n) is 8.05. The average Bonchev–Trinajstić information content (AvgIpc) is 3.23. The Morgan fingerprint density at radius 2 is 0.903 bits per heavy atom. The zero-order chi connectivity index (χ0) is 45.6. The number of carboxylic acid groups (broad SMARTS) is 1. The molecule has 0 aromatic heterocycles. The number of likely N-dealkylation sites (N-methyl/N-ethyl adjacent to an activating group) is 1. The van der Waals surface area contributed by atoms with Gasteiger partial charge in [-0.3, -0.25) is 9.59 Å². The molecule has 0 spiro atoms. The van der Waals surface area contributed by atoms with E-state index in [0.717, 1.165) is 51.4 Å². The zero-order valence-corrected chi connectivity index (χ0v) is 41.6. The van der Waals surface area contributed by atoms with E-state index in [1.165, 1.54) is 167 Å². The van der Waals surface area contributed by atoms with Crippen LogP contribution in [-0.2, 0) is 28.6 Å². The molecule has 2 unspecified atom stereocenters. The fourth-order valence-corrected chi connectivity index (χ4v) is 8.05. The van der Waals surface area contributed by atoms with Crippen LogP contribution < -0.4 is 5.11 Å². The van der Waals surface area contributed by atoms with Gasteiger partial charge in [-0.05, 0) is 38.5 Å². The second-order valence-corrected chi connectivity index (χ2v) is 19.1. The molecule has 0 N–H and O–H groups in total. The van der Waals surface area contributed by atoms with Crippen LogP contribution in [0.2, 0.25) is 0 Å². The lowest BCUT2D eigenvalue weighted by Crippen LogP contribution is -2.55. The number of hydrogen-bond donors (Lipinski definition) is 0. The quantitative estimate of drug-likeness (QED) is 0.0260. The van der Waals surface area contributed by atoms with E-state index in [1.807, 2.05) is 21.1 Å². The van der Waals surface area contributed by atoms with E-state index in [9.17, 15) is 19.5 Å². The molecule has 0 bridgehead atoms. The Labute approximate surface area is 383 Å². The van der Waals surface area contributed by atoms with Crippen LogP contribution in [-0.4, -0.2) is 75.5 Å². The molecular weight excluding hydrogens is 775 g/mol. The number of carbonyl (C=O) groups excluding carboxylic acids is 3. The number of allylic oxidation sites excluding steroid dienone is 4. The van der Waals surface area contributed by atoms with E-state index in [0.29, 0.717) is 12.8 Å². The number of aliphatic carboxylic acids is 1. The Bertz CT molecular complexity index is 1070. The first kappa shape index (κ1) is 59.8. The van der Waals surface area contributed by atoms with Gasteiger partial charge in [-0.25, -0.2) is 0 Å². The van der Waals surface area contributed by atoms with Gasteiger partial charge in [-0.1, -0.05) is 218 Å². The minimum absolute atomic E-state index is 0.0464. The van der Waals surface area contributed by atoms with Gasteiger partial charge in [-0.15, -0.1) is 0 Å². The first-order valence-electron chi connectivity index (χ1n) is 26.4. The Morgan fingerprint density at radius 1 is 0.500 bits per heavy atom. The number of esters is 2. The number of carboxylic acids is 1. The zero-order valence-electron chi connectivity index (χ0n) is 41.6. The summed E-state index contributed by atoms with van der Waals surface area (Å²) in [6.07, 6.45) is 52.1. The highest BCUT2D eigenvalue weighted by Crippen LogP contribution is 2.17. The lowest BCUT2D eigenvalue weighted by Gasteiger charge is -2.34. The molecule has 62 heavy (non-hydrogen) atoms. The normalized spacial score (nSPS) is 13.0. The number of quaternary nitrogens is 1. The van der Waals surface area contributed by atoms with Crippen LogP contribution in [0.15, 0.2) is 24.3 Å². The number of hydrogen-bond acceptors (Lipinski definition) is 7. The SMILES string of the molecule is CC/C=C/C/C=C/CCCCCCCCCCCCCCCCC(=O)OCC(COCCC(C(=O)[O-])[N+](C)(C)C)OC(=O)CCCCCCCCCCCCCCCCCCC. The largest absolute Gasteiger partial charge is 0.544 e. The van der Waals surface area contributed by atoms with E-state index in [-0.39, 0.29) is 42.7 Å². The molecule has 0 heterocycles. The standard InChI is InChI=1S/C54H101NO7/c1-6-8-10-12-14-16-18-20-22-24-25-26-27-29-30-32-34-36-38-40-42-44-52(56)61-49-50(48-60-47-46-51(54(58)59)55(3,4)5)62-53(57)45-43-41-39-37-35-33-31-28-23-21-19-17-15-13-11-9-7-2/h8,10,14,16,50-51H,6-7,9,11-13,15,17-49H2,1-5H3/b10-8+,16-14+. The maximum atomic E-state index is 12.8. The van der Waals surface area contributed by atoms with Gasteiger partial charge < -0.3 is 28.6 Å². The van der Waals surface area contributed by atoms with Crippen molar-refractivity contribution in [1.82, 2.24) is 0 Å². The van der Waals surface area contributed by atoms with Crippen LogP contribution in [0.3, 0.4) is 0 Å². The minimum atomic E-state index is -1.12. The lowest BCUT2D eigenvalue weighted by atomic mass is 10.0. The summed E-state index contributed by atoms with van der Waals surface area (Å²) in [5, 5.41) is 11.7. The summed E-state index contributed by atoms with van der Waals surface area (Å²) in [7, 11) is 5.43. The van der Waals surface area contributed by atoms with Crippen molar-refractivity contribution >= 4 is 17.9 Å². The van der Waals surface area contributed by atoms with E-state index >= 15 is 0 Å². The topological polar surface area (TPSA) is 102 Å². The van der Waals surface area contributed by atoms with Crippen LogP contribution >= 0.6 is 0 Å². The maximum Gasteiger partial charge on any atom is 0.306 e. The Kier molecular flexibility index (Phi) is 43.8. The summed E-state index contributed by atoms with van der Waals surface area (Å²) in [6, 6.07) is -0.723. The Hall–Kier alpha value is -2.19. The third-order valence-electron chi connectivity index (χ3n) is 12.1. The summed E-state index contributed by atoms with van der Waals surface area (Å²) < 4.78 is 17.3. The molecule has 0 fully saturated rings. The fraction of sp³-hybridized carbons (Fsp3) is 0.870. The molecule has 0 rings (SSSR count). The molecule has 0 amide bonds. The predicted octanol–water partition coefficient (Wildman–Crippen LogP) is 13.9. The van der Waals surface area contributed by atoms with Crippen molar-refractivity contribution in [1.29, 1.82) is 0 Å². The van der Waals surface area contributed by atoms with Crippen molar-refractivity contribution < 1.29 is 38.2 Å². The van der Waals surface area contributed by atoms with Gasteiger partial charge in [0.05, 0.1) is 40.3 Å². The van der Waals surface area contributed by atoms with Crippen LogP contribution in [0, 0.1) is 0 Å². The van der Waals surface area contributed by atoms with Gasteiger partial charge in [0.1, 0.15) is 12.6 Å². The van der Waals surface area contributed by atoms with Crippen LogP contribution in [0.4, 0.5) is 0 Å². The second kappa shape index (κ2) is 45.4. The number of rotatable bonds is 48. The molecule has 0 aliphatic rings. The summed E-state index contributed by atoms with van der Waals surface area (Å²) in [6.45, 7) is 4.61. The first-order chi connectivity index (χ1) is 30.1. The van der Waals surface area contributed by atoms with Gasteiger partial charge in [0.25, 0.3) is 0 Å². The van der Waals surface area contributed by atoms with E-state index in [1.54, 1.807) is 0 Å². The molecule has 8 nitrogen and oxygen atoms in total. The third kappa shape index (κ3) is 43.1. The van der Waals surface area contributed by atoms with Crippen LogP contribution in [0.1, 0.15) is 251 Å². The molecule has 0 saturated carbocycles. The molecule has 0 radical (unpaired) electrons. The highest BCUT2D eigenvalue weighted by molar-refractivity contribution is 5.70. The van der Waals surface area contributed by atoms with E-state index in [4.69, 9.17) is 14.2 Å². The van der Waals surface area contributed by atoms with Gasteiger partial charge >= 0.3 is 11.9 Å². The molecule has 0 aliphatic carbocycles. The average molecular weight is 876 g/mol. The monoisotopic (exact) mass is 876 g/mol. The van der Waals surface area contributed by atoms with Crippen molar-refractivity contribution in [2.45, 2.75) is 264 Å². The van der Waals surface area contributed by atoms with Crippen molar-refractivity contribution in [2.75, 3.05) is 41.0 Å².